The molecule has 0 radical (unpaired) electrons. The Kier molecular flexibility index (Phi) is 23.2. The summed E-state index contributed by atoms with van der Waals surface area (Å²) in [5, 5.41) is 10.2. The summed E-state index contributed by atoms with van der Waals surface area (Å²) in [5.74, 6) is 10.8. The molecule has 0 aromatic carbocycles. The van der Waals surface area contributed by atoms with Crippen LogP contribution in [-0.2, 0) is 9.53 Å². The van der Waals surface area contributed by atoms with Crippen LogP contribution in [-0.4, -0.2) is 23.3 Å². The molecule has 6 fully saturated rings. The van der Waals surface area contributed by atoms with E-state index in [4.69, 9.17) is 4.74 Å². The van der Waals surface area contributed by atoms with Gasteiger partial charge in [0, 0.05) is 12.8 Å². The Morgan fingerprint density at radius 1 is 0.547 bits per heavy atom. The molecule has 3 nitrogen and oxygen atoms in total. The molecule has 0 heterocycles. The predicted molar refractivity (Wildman–Crippen MR) is 321 cm³/mol. The average Bonchev–Trinajstić information content (AvgIpc) is 3.92. The summed E-state index contributed by atoms with van der Waals surface area (Å²) in [6, 6.07) is 0. The number of hydrogen-bond acceptors (Lipinski definition) is 3. The molecule has 0 aromatic heterocycles. The summed E-state index contributed by atoms with van der Waals surface area (Å²) >= 11 is 0. The smallest absolute Gasteiger partial charge is 0.306 e. The molecule has 0 amide bonds. The van der Waals surface area contributed by atoms with E-state index in [1.807, 2.05) is 0 Å². The Labute approximate surface area is 466 Å². The van der Waals surface area contributed by atoms with E-state index in [0.29, 0.717) is 28.1 Å². The van der Waals surface area contributed by atoms with E-state index in [1.54, 1.807) is 11.1 Å². The number of ether oxygens (including phenoxy) is 1. The van der Waals surface area contributed by atoms with Gasteiger partial charge in [0.15, 0.2) is 0 Å². The number of rotatable bonds is 26. The molecule has 430 valence electrons. The second kappa shape index (κ2) is 28.4. The van der Waals surface area contributed by atoms with Crippen LogP contribution in [0, 0.1) is 92.7 Å². The highest BCUT2D eigenvalue weighted by molar-refractivity contribution is 5.69. The lowest BCUT2D eigenvalue weighted by atomic mass is 9.47. The van der Waals surface area contributed by atoms with E-state index in [1.165, 1.54) is 186 Å². The molecule has 8 aliphatic rings. The Hall–Kier alpha value is -1.35. The second-order valence-electron chi connectivity index (χ2n) is 30.2. The predicted octanol–water partition coefficient (Wildman–Crippen LogP) is 21.4. The quantitative estimate of drug-likeness (QED) is 0.0533. The van der Waals surface area contributed by atoms with Crippen molar-refractivity contribution in [3.05, 3.63) is 35.5 Å². The summed E-state index contributed by atoms with van der Waals surface area (Å²) in [7, 11) is 0. The molecule has 0 unspecified atom stereocenters. The number of unbranched alkanes of at least 4 members (excludes halogenated alkanes) is 11. The van der Waals surface area contributed by atoms with Crippen LogP contribution in [0.3, 0.4) is 0 Å². The fourth-order valence-corrected chi connectivity index (χ4v) is 20.0. The standard InChI is InChI=1S/C45H78O2.C27H46O/c1-7-8-9-10-11-12-13-14-15-16-17-18-19-20-21-25-43(46)47-38-30-32-44(5)37(34-38)26-27-39-41-29-28-40(36(4)24-22-23-35(2)3)45(41,6)33-31-42(39)44;1-18(2)7-6-8-19(3)23-11-12-24-22-10-9-20-17-21(28)13-15-26(20,4)25(22)14-16-27(23,24)5/h14-15,26,35-36,38-42H,7-13,16-25,27-34H2,1-6H3;9,18-19,21-25,28H,6-8,10-17H2,1-5H3/b15-14-;/t36-,38+,39+,40-,41+,42+,44+,45-;19-,21+,22+,23-,24+,25+,26+,27-/m11/s1. The lowest BCUT2D eigenvalue weighted by molar-refractivity contribution is -0.151. The molecule has 3 heteroatoms. The molecular formula is C72H124O3. The molecule has 0 bridgehead atoms. The molecule has 0 aliphatic heterocycles. The first kappa shape index (κ1) is 61.3. The molecule has 75 heavy (non-hydrogen) atoms. The largest absolute Gasteiger partial charge is 0.462 e. The minimum absolute atomic E-state index is 0.0541. The van der Waals surface area contributed by atoms with Gasteiger partial charge >= 0.3 is 5.97 Å². The summed E-state index contributed by atoms with van der Waals surface area (Å²) < 4.78 is 6.12. The maximum atomic E-state index is 12.8. The molecule has 0 spiro atoms. The minimum Gasteiger partial charge on any atom is -0.462 e. The molecule has 8 rings (SSSR count). The van der Waals surface area contributed by atoms with Crippen molar-refractivity contribution in [3.8, 4) is 0 Å². The van der Waals surface area contributed by atoms with Crippen LogP contribution in [0.1, 0.15) is 307 Å². The second-order valence-corrected chi connectivity index (χ2v) is 30.2. The van der Waals surface area contributed by atoms with Gasteiger partial charge in [-0.2, -0.15) is 0 Å². The maximum absolute atomic E-state index is 12.8. The SMILES string of the molecule is CC(C)CCC[C@@H](C)[C@H]1CC[C@H]2[C@@H]3CC=C4C[C@@H](O)CC[C@]4(C)[C@H]3CC[C@]12C.CCCCCCCC/C=C\CCCCCCCC(=O)O[C@H]1CC[C@@]2(C)C(=CC[C@H]3[C@@H]4CC[C@H]([C@H](C)CCCC(C)C)[C@@]4(C)CC[C@@H]32)C1. The number of allylic oxidation sites excluding steroid dienone is 4. The Morgan fingerprint density at radius 2 is 1.01 bits per heavy atom. The van der Waals surface area contributed by atoms with Crippen molar-refractivity contribution in [2.75, 3.05) is 0 Å². The van der Waals surface area contributed by atoms with Crippen molar-refractivity contribution < 1.29 is 14.6 Å². The van der Waals surface area contributed by atoms with Gasteiger partial charge in [-0.15, -0.1) is 0 Å². The molecule has 0 aromatic rings. The monoisotopic (exact) mass is 1040 g/mol. The van der Waals surface area contributed by atoms with E-state index in [2.05, 4.69) is 100 Å². The van der Waals surface area contributed by atoms with Gasteiger partial charge in [0.2, 0.25) is 0 Å². The highest BCUT2D eigenvalue weighted by Gasteiger charge is 2.61. The third-order valence-corrected chi connectivity index (χ3v) is 24.5. The Balaban J connectivity index is 0.000000248. The first-order chi connectivity index (χ1) is 35.9. The summed E-state index contributed by atoms with van der Waals surface area (Å²) in [5.41, 5.74) is 5.13. The van der Waals surface area contributed by atoms with Crippen LogP contribution < -0.4 is 0 Å². The molecule has 6 saturated carbocycles. The van der Waals surface area contributed by atoms with E-state index in [0.717, 1.165) is 110 Å². The van der Waals surface area contributed by atoms with E-state index < -0.39 is 0 Å². The van der Waals surface area contributed by atoms with Crippen molar-refractivity contribution in [3.63, 3.8) is 0 Å². The lowest BCUT2D eigenvalue weighted by Gasteiger charge is -2.58. The third-order valence-electron chi connectivity index (χ3n) is 24.5. The number of esters is 1. The first-order valence-electron chi connectivity index (χ1n) is 33.9. The Bertz CT molecular complexity index is 1820. The summed E-state index contributed by atoms with van der Waals surface area (Å²) in [6.07, 6.45) is 56.6. The van der Waals surface area contributed by atoms with Gasteiger partial charge < -0.3 is 9.84 Å². The highest BCUT2D eigenvalue weighted by atomic mass is 16.5. The van der Waals surface area contributed by atoms with Gasteiger partial charge in [0.05, 0.1) is 6.10 Å². The van der Waals surface area contributed by atoms with Crippen molar-refractivity contribution in [1.82, 2.24) is 0 Å². The number of aliphatic hydroxyl groups is 1. The van der Waals surface area contributed by atoms with Crippen LogP contribution >= 0.6 is 0 Å². The fraction of sp³-hybridized carbons (Fsp3) is 0.903. The third kappa shape index (κ3) is 15.0. The van der Waals surface area contributed by atoms with Crippen LogP contribution in [0.4, 0.5) is 0 Å². The zero-order chi connectivity index (χ0) is 53.8. The van der Waals surface area contributed by atoms with Gasteiger partial charge in [-0.3, -0.25) is 4.79 Å². The summed E-state index contributed by atoms with van der Waals surface area (Å²) in [6.45, 7) is 27.5. The molecule has 16 atom stereocenters. The molecular weight excluding hydrogens is 913 g/mol. The molecule has 8 aliphatic carbocycles. The van der Waals surface area contributed by atoms with Gasteiger partial charge in [-0.1, -0.05) is 202 Å². The lowest BCUT2D eigenvalue weighted by Crippen LogP contribution is -2.51. The van der Waals surface area contributed by atoms with Crippen LogP contribution in [0.2, 0.25) is 0 Å². The van der Waals surface area contributed by atoms with Crippen molar-refractivity contribution in [1.29, 1.82) is 0 Å². The van der Waals surface area contributed by atoms with Crippen molar-refractivity contribution in [2.45, 2.75) is 320 Å². The average molecular weight is 1040 g/mol. The molecule has 1 N–H and O–H groups in total. The van der Waals surface area contributed by atoms with Crippen LogP contribution in [0.25, 0.3) is 0 Å². The maximum Gasteiger partial charge on any atom is 0.306 e. The molecule has 0 saturated heterocycles. The van der Waals surface area contributed by atoms with Crippen molar-refractivity contribution >= 4 is 5.97 Å². The minimum atomic E-state index is -0.0766. The van der Waals surface area contributed by atoms with Crippen molar-refractivity contribution in [2.24, 2.45) is 92.7 Å². The fourth-order valence-electron chi connectivity index (χ4n) is 20.0. The topological polar surface area (TPSA) is 46.5 Å². The van der Waals surface area contributed by atoms with Crippen LogP contribution in [0.15, 0.2) is 35.5 Å². The van der Waals surface area contributed by atoms with Gasteiger partial charge in [0.1, 0.15) is 6.10 Å². The number of hydrogen-bond donors (Lipinski definition) is 1. The van der Waals surface area contributed by atoms with E-state index in [-0.39, 0.29) is 18.2 Å². The summed E-state index contributed by atoms with van der Waals surface area (Å²) in [4.78, 5) is 12.8. The number of fused-ring (bicyclic) bond motifs is 10. The van der Waals surface area contributed by atoms with Gasteiger partial charge in [-0.25, -0.2) is 0 Å². The number of carbonyl (C=O) groups is 1. The zero-order valence-electron chi connectivity index (χ0n) is 51.6. The van der Waals surface area contributed by atoms with Crippen LogP contribution in [0.5, 0.6) is 0 Å². The normalized spacial score (nSPS) is 37.8. The first-order valence-corrected chi connectivity index (χ1v) is 33.9. The Morgan fingerprint density at radius 3 is 1.52 bits per heavy atom. The zero-order valence-corrected chi connectivity index (χ0v) is 51.6. The highest BCUT2D eigenvalue weighted by Crippen LogP contribution is 2.69. The number of aliphatic hydroxyl groups excluding tert-OH is 1. The van der Waals surface area contributed by atoms with Gasteiger partial charge in [-0.05, 0) is 221 Å². The van der Waals surface area contributed by atoms with E-state index in [9.17, 15) is 9.90 Å². The number of carbonyl (C=O) groups excluding carboxylic acids is 1. The van der Waals surface area contributed by atoms with Gasteiger partial charge in [0.25, 0.3) is 0 Å². The van der Waals surface area contributed by atoms with E-state index >= 15 is 0 Å².